The van der Waals surface area contributed by atoms with E-state index in [9.17, 15) is 27.2 Å². The number of rotatable bonds is 5. The molecule has 3 amide bonds. The van der Waals surface area contributed by atoms with E-state index in [1.165, 1.54) is 24.3 Å². The molecular weight excluding hydrogens is 414 g/mol. The predicted molar refractivity (Wildman–Crippen MR) is 108 cm³/mol. The topological polar surface area (TPSA) is 70.2 Å². The number of urea groups is 1. The van der Waals surface area contributed by atoms with Gasteiger partial charge in [0.2, 0.25) is 0 Å². The van der Waals surface area contributed by atoms with Crippen LogP contribution in [0.3, 0.4) is 0 Å². The first-order chi connectivity index (χ1) is 14.7. The maximum absolute atomic E-state index is 13.1. The molecule has 0 bridgehead atoms. The molecule has 0 spiro atoms. The van der Waals surface area contributed by atoms with E-state index in [2.05, 4.69) is 16.0 Å². The van der Waals surface area contributed by atoms with Crippen molar-refractivity contribution in [2.45, 2.75) is 12.7 Å². The van der Waals surface area contributed by atoms with Crippen molar-refractivity contribution < 1.29 is 27.2 Å². The molecule has 0 aromatic heterocycles. The number of amides is 3. The molecule has 0 heterocycles. The van der Waals surface area contributed by atoms with Gasteiger partial charge in [-0.2, -0.15) is 13.2 Å². The minimum atomic E-state index is -4.74. The van der Waals surface area contributed by atoms with Crippen molar-refractivity contribution in [2.24, 2.45) is 0 Å². The van der Waals surface area contributed by atoms with Crippen LogP contribution in [0.15, 0.2) is 72.8 Å². The van der Waals surface area contributed by atoms with E-state index in [1.54, 1.807) is 24.3 Å². The SMILES string of the molecule is O=C(NCc1ccc(F)cc1C(F)(F)F)Nc1ccc(C(=O)Nc2ccccc2)cc1. The lowest BCUT2D eigenvalue weighted by Gasteiger charge is -2.14. The zero-order chi connectivity index (χ0) is 22.4. The molecule has 3 rings (SSSR count). The normalized spacial score (nSPS) is 11.0. The Morgan fingerprint density at radius 2 is 1.45 bits per heavy atom. The fourth-order valence-electron chi connectivity index (χ4n) is 2.75. The first-order valence-electron chi connectivity index (χ1n) is 9.09. The lowest BCUT2D eigenvalue weighted by atomic mass is 10.1. The number of halogens is 4. The Hall–Kier alpha value is -3.88. The maximum atomic E-state index is 13.1. The number of nitrogens with one attached hydrogen (secondary N) is 3. The fraction of sp³-hybridized carbons (Fsp3) is 0.0909. The van der Waals surface area contributed by atoms with Crippen molar-refractivity contribution in [3.63, 3.8) is 0 Å². The van der Waals surface area contributed by atoms with Gasteiger partial charge in [0, 0.05) is 23.5 Å². The molecule has 0 saturated carbocycles. The molecular formula is C22H17F4N3O2. The molecule has 31 heavy (non-hydrogen) atoms. The molecule has 3 aromatic rings. The minimum absolute atomic E-state index is 0.267. The summed E-state index contributed by atoms with van der Waals surface area (Å²) in [6, 6.07) is 16.3. The van der Waals surface area contributed by atoms with Gasteiger partial charge in [0.15, 0.2) is 0 Å². The Balaban J connectivity index is 1.57. The van der Waals surface area contributed by atoms with Crippen molar-refractivity contribution in [3.05, 3.63) is 95.3 Å². The van der Waals surface area contributed by atoms with Crippen LogP contribution in [0.4, 0.5) is 33.7 Å². The Morgan fingerprint density at radius 3 is 2.10 bits per heavy atom. The van der Waals surface area contributed by atoms with Gasteiger partial charge in [-0.05, 0) is 54.1 Å². The van der Waals surface area contributed by atoms with Crippen molar-refractivity contribution in [1.29, 1.82) is 0 Å². The van der Waals surface area contributed by atoms with E-state index in [-0.39, 0.29) is 11.5 Å². The van der Waals surface area contributed by atoms with E-state index in [0.717, 1.165) is 12.1 Å². The zero-order valence-electron chi connectivity index (χ0n) is 16.0. The average Bonchev–Trinajstić information content (AvgIpc) is 2.73. The summed E-state index contributed by atoms with van der Waals surface area (Å²) in [5.74, 6) is -1.35. The number of benzene rings is 3. The molecule has 0 radical (unpaired) electrons. The Labute approximate surface area is 175 Å². The molecule has 0 saturated heterocycles. The number of anilines is 2. The van der Waals surface area contributed by atoms with Crippen LogP contribution in [0.25, 0.3) is 0 Å². The van der Waals surface area contributed by atoms with E-state index < -0.39 is 30.1 Å². The Morgan fingerprint density at radius 1 is 0.806 bits per heavy atom. The summed E-state index contributed by atoms with van der Waals surface area (Å²) in [5.41, 5.74) is -0.0912. The molecule has 0 atom stereocenters. The molecule has 0 fully saturated rings. The summed E-state index contributed by atoms with van der Waals surface area (Å²) in [6.45, 7) is -0.446. The van der Waals surface area contributed by atoms with Crippen LogP contribution in [-0.4, -0.2) is 11.9 Å². The zero-order valence-corrected chi connectivity index (χ0v) is 16.0. The van der Waals surface area contributed by atoms with E-state index >= 15 is 0 Å². The second-order valence-electron chi connectivity index (χ2n) is 6.50. The lowest BCUT2D eigenvalue weighted by molar-refractivity contribution is -0.138. The highest BCUT2D eigenvalue weighted by Gasteiger charge is 2.33. The summed E-state index contributed by atoms with van der Waals surface area (Å²) in [4.78, 5) is 24.2. The number of para-hydroxylation sites is 1. The Kier molecular flexibility index (Phi) is 6.54. The van der Waals surface area contributed by atoms with Gasteiger partial charge < -0.3 is 16.0 Å². The molecule has 0 unspecified atom stereocenters. The first kappa shape index (κ1) is 21.8. The summed E-state index contributed by atoms with van der Waals surface area (Å²) in [6.07, 6.45) is -4.74. The van der Waals surface area contributed by atoms with Gasteiger partial charge in [-0.25, -0.2) is 9.18 Å². The smallest absolute Gasteiger partial charge is 0.334 e. The van der Waals surface area contributed by atoms with Gasteiger partial charge in [-0.15, -0.1) is 0 Å². The number of carbonyl (C=O) groups is 2. The third kappa shape index (κ3) is 6.05. The van der Waals surface area contributed by atoms with Gasteiger partial charge in [0.1, 0.15) is 5.82 Å². The van der Waals surface area contributed by atoms with Crippen LogP contribution in [0.5, 0.6) is 0 Å². The van der Waals surface area contributed by atoms with Crippen LogP contribution in [-0.2, 0) is 12.7 Å². The number of alkyl halides is 3. The molecule has 3 N–H and O–H groups in total. The molecule has 9 heteroatoms. The van der Waals surface area contributed by atoms with Gasteiger partial charge >= 0.3 is 12.2 Å². The van der Waals surface area contributed by atoms with Crippen molar-refractivity contribution in [2.75, 3.05) is 10.6 Å². The third-order valence-electron chi connectivity index (χ3n) is 4.25. The Bertz CT molecular complexity index is 1070. The van der Waals surface area contributed by atoms with E-state index in [1.807, 2.05) is 6.07 Å². The van der Waals surface area contributed by atoms with Crippen LogP contribution in [0.2, 0.25) is 0 Å². The van der Waals surface area contributed by atoms with Gasteiger partial charge in [0.05, 0.1) is 5.56 Å². The average molecular weight is 431 g/mol. The highest BCUT2D eigenvalue weighted by atomic mass is 19.4. The van der Waals surface area contributed by atoms with E-state index in [0.29, 0.717) is 23.0 Å². The summed E-state index contributed by atoms with van der Waals surface area (Å²) in [5, 5.41) is 7.48. The summed E-state index contributed by atoms with van der Waals surface area (Å²) < 4.78 is 52.2. The highest BCUT2D eigenvalue weighted by Crippen LogP contribution is 2.32. The second-order valence-corrected chi connectivity index (χ2v) is 6.50. The highest BCUT2D eigenvalue weighted by molar-refractivity contribution is 6.04. The van der Waals surface area contributed by atoms with Crippen LogP contribution in [0, 0.1) is 5.82 Å². The number of carbonyl (C=O) groups excluding carboxylic acids is 2. The monoisotopic (exact) mass is 431 g/mol. The van der Waals surface area contributed by atoms with Gasteiger partial charge in [-0.1, -0.05) is 24.3 Å². The van der Waals surface area contributed by atoms with E-state index in [4.69, 9.17) is 0 Å². The van der Waals surface area contributed by atoms with Crippen molar-refractivity contribution in [1.82, 2.24) is 5.32 Å². The molecule has 0 aliphatic carbocycles. The first-order valence-corrected chi connectivity index (χ1v) is 9.09. The molecule has 3 aromatic carbocycles. The number of hydrogen-bond donors (Lipinski definition) is 3. The largest absolute Gasteiger partial charge is 0.416 e. The van der Waals surface area contributed by atoms with Crippen LogP contribution in [0.1, 0.15) is 21.5 Å². The quantitative estimate of drug-likeness (QED) is 0.472. The minimum Gasteiger partial charge on any atom is -0.334 e. The third-order valence-corrected chi connectivity index (χ3v) is 4.25. The second kappa shape index (κ2) is 9.29. The fourth-order valence-corrected chi connectivity index (χ4v) is 2.75. The summed E-state index contributed by atoms with van der Waals surface area (Å²) >= 11 is 0. The summed E-state index contributed by atoms with van der Waals surface area (Å²) in [7, 11) is 0. The standard InChI is InChI=1S/C22H17F4N3O2/c23-16-9-6-15(19(12-16)22(24,25)26)13-27-21(31)29-18-10-7-14(8-11-18)20(30)28-17-4-2-1-3-5-17/h1-12H,13H2,(H,28,30)(H2,27,29,31). The van der Waals surface area contributed by atoms with Crippen molar-refractivity contribution in [3.8, 4) is 0 Å². The molecule has 5 nitrogen and oxygen atoms in total. The lowest BCUT2D eigenvalue weighted by Crippen LogP contribution is -2.29. The van der Waals surface area contributed by atoms with Crippen molar-refractivity contribution >= 4 is 23.3 Å². The molecule has 160 valence electrons. The van der Waals surface area contributed by atoms with Crippen LogP contribution < -0.4 is 16.0 Å². The maximum Gasteiger partial charge on any atom is 0.416 e. The predicted octanol–water partition coefficient (Wildman–Crippen LogP) is 5.42. The van der Waals surface area contributed by atoms with Gasteiger partial charge in [0.25, 0.3) is 5.91 Å². The van der Waals surface area contributed by atoms with Crippen LogP contribution >= 0.6 is 0 Å². The molecule has 0 aliphatic heterocycles. The number of hydrogen-bond acceptors (Lipinski definition) is 2. The molecule has 0 aliphatic rings. The van der Waals surface area contributed by atoms with Gasteiger partial charge in [-0.3, -0.25) is 4.79 Å².